The van der Waals surface area contributed by atoms with Crippen molar-refractivity contribution in [3.05, 3.63) is 75.7 Å². The largest absolute Gasteiger partial charge is 0.486 e. The highest BCUT2D eigenvalue weighted by atomic mass is 35.5. The molecule has 1 heterocycles. The van der Waals surface area contributed by atoms with Crippen molar-refractivity contribution >= 4 is 17.6 Å². The number of nitrogens with zero attached hydrogens (tertiary/aromatic N) is 1. The standard InChI is InChI=1S/C31H33ClFNO4/c1-31(2)12-4-5-24(31)22-13-18(6-10-21(22)23-15-27(37-3)34-16-25(23)32)17-38-26-11-9-19-7-8-20(14-28(35)36)29(19)30(26)33/h6,9-11,13,15-16,20,24H,4-5,7-8,12,14,17H2,1-3H3,(H,35,36). The number of aliphatic carboxylic acids is 1. The summed E-state index contributed by atoms with van der Waals surface area (Å²) in [6.07, 6.45) is 6.25. The second-order valence-corrected chi connectivity index (χ2v) is 11.5. The Morgan fingerprint density at radius 3 is 2.71 bits per heavy atom. The summed E-state index contributed by atoms with van der Waals surface area (Å²) in [6, 6.07) is 11.6. The van der Waals surface area contributed by atoms with Gasteiger partial charge in [0.25, 0.3) is 0 Å². The van der Waals surface area contributed by atoms with E-state index in [0.29, 0.717) is 35.2 Å². The Morgan fingerprint density at radius 2 is 2.00 bits per heavy atom. The summed E-state index contributed by atoms with van der Waals surface area (Å²) in [7, 11) is 1.59. The SMILES string of the molecule is COc1cc(-c2ccc(COc3ccc4c(c3F)C(CC(=O)O)CC4)cc2C2CCCC2(C)C)c(Cl)cn1. The molecule has 3 aromatic rings. The molecule has 0 bridgehead atoms. The molecule has 1 fully saturated rings. The van der Waals surface area contributed by atoms with Crippen LogP contribution in [0.5, 0.6) is 11.6 Å². The third-order valence-corrected chi connectivity index (χ3v) is 8.60. The van der Waals surface area contributed by atoms with Crippen LogP contribution in [0.25, 0.3) is 11.1 Å². The summed E-state index contributed by atoms with van der Waals surface area (Å²) < 4.78 is 26.8. The lowest BCUT2D eigenvalue weighted by Gasteiger charge is -2.30. The monoisotopic (exact) mass is 537 g/mol. The normalized spacial score (nSPS) is 19.8. The molecule has 1 N–H and O–H groups in total. The first-order valence-corrected chi connectivity index (χ1v) is 13.5. The van der Waals surface area contributed by atoms with E-state index in [1.54, 1.807) is 19.4 Å². The minimum absolute atomic E-state index is 0.0717. The Bertz CT molecular complexity index is 1370. The maximum Gasteiger partial charge on any atom is 0.303 e. The van der Waals surface area contributed by atoms with Crippen molar-refractivity contribution in [2.75, 3.05) is 7.11 Å². The smallest absolute Gasteiger partial charge is 0.303 e. The number of pyridine rings is 1. The number of carbonyl (C=O) groups is 1. The molecule has 5 nitrogen and oxygen atoms in total. The summed E-state index contributed by atoms with van der Waals surface area (Å²) in [6.45, 7) is 4.81. The van der Waals surface area contributed by atoms with Crippen molar-refractivity contribution in [3.8, 4) is 22.8 Å². The molecule has 38 heavy (non-hydrogen) atoms. The number of benzene rings is 2. The van der Waals surface area contributed by atoms with Gasteiger partial charge in [-0.2, -0.15) is 0 Å². The predicted octanol–water partition coefficient (Wildman–Crippen LogP) is 7.93. The van der Waals surface area contributed by atoms with Crippen LogP contribution in [0.2, 0.25) is 5.02 Å². The molecule has 0 saturated heterocycles. The number of carboxylic acid groups (broad SMARTS) is 1. The molecule has 1 saturated carbocycles. The van der Waals surface area contributed by atoms with Crippen LogP contribution in [0.1, 0.15) is 80.0 Å². The van der Waals surface area contributed by atoms with E-state index < -0.39 is 11.8 Å². The van der Waals surface area contributed by atoms with Crippen LogP contribution in [-0.2, 0) is 17.8 Å². The lowest BCUT2D eigenvalue weighted by molar-refractivity contribution is -0.137. The molecule has 0 radical (unpaired) electrons. The van der Waals surface area contributed by atoms with Crippen molar-refractivity contribution in [2.24, 2.45) is 5.41 Å². The quantitative estimate of drug-likeness (QED) is 0.316. The molecular formula is C31H33ClFNO4. The molecule has 5 rings (SSSR count). The molecule has 7 heteroatoms. The predicted molar refractivity (Wildman–Crippen MR) is 146 cm³/mol. The number of halogens is 2. The number of rotatable bonds is 8. The molecule has 0 amide bonds. The summed E-state index contributed by atoms with van der Waals surface area (Å²) >= 11 is 6.60. The van der Waals surface area contributed by atoms with Gasteiger partial charge in [0.1, 0.15) is 6.61 Å². The van der Waals surface area contributed by atoms with E-state index >= 15 is 4.39 Å². The number of fused-ring (bicyclic) bond motifs is 1. The van der Waals surface area contributed by atoms with E-state index in [1.165, 1.54) is 5.56 Å². The number of carboxylic acids is 1. The number of aromatic nitrogens is 1. The van der Waals surface area contributed by atoms with E-state index in [4.69, 9.17) is 21.1 Å². The zero-order valence-corrected chi connectivity index (χ0v) is 22.8. The van der Waals surface area contributed by atoms with Gasteiger partial charge in [0.15, 0.2) is 11.6 Å². The third kappa shape index (κ3) is 5.11. The van der Waals surface area contributed by atoms with Crippen LogP contribution in [0.3, 0.4) is 0 Å². The number of methoxy groups -OCH3 is 1. The minimum Gasteiger partial charge on any atom is -0.486 e. The number of hydrogen-bond donors (Lipinski definition) is 1. The fraction of sp³-hybridized carbons (Fsp3) is 0.419. The van der Waals surface area contributed by atoms with Gasteiger partial charge in [0.2, 0.25) is 5.88 Å². The lowest BCUT2D eigenvalue weighted by Crippen LogP contribution is -2.16. The van der Waals surface area contributed by atoms with E-state index in [0.717, 1.165) is 41.5 Å². The maximum absolute atomic E-state index is 15.5. The van der Waals surface area contributed by atoms with Crippen LogP contribution in [0.4, 0.5) is 4.39 Å². The average Bonchev–Trinajstić information content (AvgIpc) is 3.46. The molecule has 2 atom stereocenters. The summed E-state index contributed by atoms with van der Waals surface area (Å²) in [4.78, 5) is 15.5. The Balaban J connectivity index is 1.47. The molecule has 2 aliphatic carbocycles. The first kappa shape index (κ1) is 26.5. The molecule has 1 aromatic heterocycles. The average molecular weight is 538 g/mol. The summed E-state index contributed by atoms with van der Waals surface area (Å²) in [5.41, 5.74) is 5.54. The van der Waals surface area contributed by atoms with Gasteiger partial charge in [-0.15, -0.1) is 0 Å². The third-order valence-electron chi connectivity index (χ3n) is 8.30. The maximum atomic E-state index is 15.5. The van der Waals surface area contributed by atoms with Crippen molar-refractivity contribution in [1.29, 1.82) is 0 Å². The second kappa shape index (κ2) is 10.6. The van der Waals surface area contributed by atoms with Crippen LogP contribution in [-0.4, -0.2) is 23.2 Å². The Kier molecular flexibility index (Phi) is 7.36. The first-order valence-electron chi connectivity index (χ1n) is 13.2. The second-order valence-electron chi connectivity index (χ2n) is 11.1. The first-order chi connectivity index (χ1) is 18.2. The highest BCUT2D eigenvalue weighted by Gasteiger charge is 2.37. The topological polar surface area (TPSA) is 68.7 Å². The lowest BCUT2D eigenvalue weighted by atomic mass is 9.75. The number of aryl methyl sites for hydroxylation is 1. The Morgan fingerprint density at radius 1 is 1.18 bits per heavy atom. The summed E-state index contributed by atoms with van der Waals surface area (Å²) in [5.74, 6) is -0.667. The van der Waals surface area contributed by atoms with Crippen molar-refractivity contribution in [2.45, 2.75) is 70.8 Å². The van der Waals surface area contributed by atoms with Crippen LogP contribution >= 0.6 is 11.6 Å². The van der Waals surface area contributed by atoms with Crippen LogP contribution in [0.15, 0.2) is 42.6 Å². The minimum atomic E-state index is -0.914. The molecule has 200 valence electrons. The van der Waals surface area contributed by atoms with Gasteiger partial charge in [-0.05, 0) is 76.8 Å². The Hall–Kier alpha value is -3.12. The molecular weight excluding hydrogens is 505 g/mol. The van der Waals surface area contributed by atoms with E-state index in [1.807, 2.05) is 18.2 Å². The van der Waals surface area contributed by atoms with E-state index in [-0.39, 0.29) is 30.1 Å². The Labute approximate surface area is 228 Å². The molecule has 2 aliphatic rings. The number of ether oxygens (including phenoxy) is 2. The fourth-order valence-electron chi connectivity index (χ4n) is 6.31. The van der Waals surface area contributed by atoms with Crippen LogP contribution in [0, 0.1) is 11.2 Å². The number of hydrogen-bond acceptors (Lipinski definition) is 4. The van der Waals surface area contributed by atoms with Gasteiger partial charge >= 0.3 is 5.97 Å². The highest BCUT2D eigenvalue weighted by Crippen LogP contribution is 2.52. The van der Waals surface area contributed by atoms with Crippen LogP contribution < -0.4 is 9.47 Å². The molecule has 2 aromatic carbocycles. The fourth-order valence-corrected chi connectivity index (χ4v) is 6.52. The van der Waals surface area contributed by atoms with Crippen molar-refractivity contribution in [3.63, 3.8) is 0 Å². The van der Waals surface area contributed by atoms with Crippen molar-refractivity contribution < 1.29 is 23.8 Å². The molecule has 0 spiro atoms. The van der Waals surface area contributed by atoms with Crippen molar-refractivity contribution in [1.82, 2.24) is 4.98 Å². The van der Waals surface area contributed by atoms with Gasteiger partial charge in [0, 0.05) is 11.6 Å². The molecule has 0 aliphatic heterocycles. The van der Waals surface area contributed by atoms with Gasteiger partial charge in [0.05, 0.1) is 24.8 Å². The van der Waals surface area contributed by atoms with E-state index in [9.17, 15) is 9.90 Å². The zero-order valence-electron chi connectivity index (χ0n) is 22.0. The highest BCUT2D eigenvalue weighted by molar-refractivity contribution is 6.33. The van der Waals surface area contributed by atoms with Gasteiger partial charge in [-0.25, -0.2) is 9.37 Å². The zero-order chi connectivity index (χ0) is 27.0. The molecule has 2 unspecified atom stereocenters. The van der Waals surface area contributed by atoms with Gasteiger partial charge in [-0.1, -0.05) is 56.1 Å². The van der Waals surface area contributed by atoms with Gasteiger partial charge < -0.3 is 14.6 Å². The van der Waals surface area contributed by atoms with E-state index in [2.05, 4.69) is 31.0 Å². The van der Waals surface area contributed by atoms with Gasteiger partial charge in [-0.3, -0.25) is 4.79 Å². The summed E-state index contributed by atoms with van der Waals surface area (Å²) in [5, 5.41) is 9.80.